The SMILES string of the molecule is O=Cc1cc(C(O)C(O)CC(=O)O)cs1. The molecule has 3 N–H and O–H groups in total. The largest absolute Gasteiger partial charge is 0.481 e. The van der Waals surface area contributed by atoms with Gasteiger partial charge in [0.25, 0.3) is 0 Å². The summed E-state index contributed by atoms with van der Waals surface area (Å²) in [5.41, 5.74) is 0.357. The maximum Gasteiger partial charge on any atom is 0.306 e. The first-order chi connectivity index (χ1) is 7.04. The van der Waals surface area contributed by atoms with Crippen molar-refractivity contribution < 1.29 is 24.9 Å². The van der Waals surface area contributed by atoms with Crippen molar-refractivity contribution in [2.75, 3.05) is 0 Å². The molecule has 0 aliphatic carbocycles. The maximum absolute atomic E-state index is 10.4. The minimum absolute atomic E-state index is 0.357. The van der Waals surface area contributed by atoms with Crippen LogP contribution in [0.4, 0.5) is 0 Å². The van der Waals surface area contributed by atoms with Gasteiger partial charge in [0.15, 0.2) is 6.29 Å². The monoisotopic (exact) mass is 230 g/mol. The van der Waals surface area contributed by atoms with Crippen LogP contribution in [0.15, 0.2) is 11.4 Å². The molecule has 0 bridgehead atoms. The first kappa shape index (κ1) is 11.8. The fourth-order valence-corrected chi connectivity index (χ4v) is 1.84. The lowest BCUT2D eigenvalue weighted by molar-refractivity contribution is -0.141. The number of aliphatic hydroxyl groups is 2. The number of carbonyl (C=O) groups is 2. The summed E-state index contributed by atoms with van der Waals surface area (Å²) in [6.45, 7) is 0. The first-order valence-electron chi connectivity index (χ1n) is 4.16. The highest BCUT2D eigenvalue weighted by molar-refractivity contribution is 7.11. The van der Waals surface area contributed by atoms with Crippen molar-refractivity contribution in [3.63, 3.8) is 0 Å². The lowest BCUT2D eigenvalue weighted by Gasteiger charge is -2.14. The van der Waals surface area contributed by atoms with Gasteiger partial charge in [-0.05, 0) is 17.0 Å². The third kappa shape index (κ3) is 3.12. The first-order valence-corrected chi connectivity index (χ1v) is 5.04. The topological polar surface area (TPSA) is 94.8 Å². The third-order valence-electron chi connectivity index (χ3n) is 1.85. The zero-order chi connectivity index (χ0) is 11.4. The molecule has 1 rings (SSSR count). The van der Waals surface area contributed by atoms with Crippen molar-refractivity contribution in [3.8, 4) is 0 Å². The predicted molar refractivity (Wildman–Crippen MR) is 52.9 cm³/mol. The molecule has 0 saturated heterocycles. The molecule has 2 unspecified atom stereocenters. The molecule has 0 aliphatic heterocycles. The number of aldehydes is 1. The van der Waals surface area contributed by atoms with Gasteiger partial charge in [-0.3, -0.25) is 9.59 Å². The van der Waals surface area contributed by atoms with Gasteiger partial charge in [-0.25, -0.2) is 0 Å². The summed E-state index contributed by atoms with van der Waals surface area (Å²) in [7, 11) is 0. The summed E-state index contributed by atoms with van der Waals surface area (Å²) in [5, 5.41) is 28.8. The Morgan fingerprint density at radius 3 is 2.67 bits per heavy atom. The van der Waals surface area contributed by atoms with Gasteiger partial charge in [0.2, 0.25) is 0 Å². The molecular formula is C9H10O5S. The summed E-state index contributed by atoms with van der Waals surface area (Å²) in [4.78, 5) is 21.1. The highest BCUT2D eigenvalue weighted by Crippen LogP contribution is 2.23. The van der Waals surface area contributed by atoms with E-state index in [4.69, 9.17) is 5.11 Å². The van der Waals surface area contributed by atoms with Crippen molar-refractivity contribution in [2.45, 2.75) is 18.6 Å². The van der Waals surface area contributed by atoms with Crippen LogP contribution in [-0.2, 0) is 4.79 Å². The van der Waals surface area contributed by atoms with Crippen LogP contribution >= 0.6 is 11.3 Å². The number of carboxylic acid groups (broad SMARTS) is 1. The molecule has 0 amide bonds. The van der Waals surface area contributed by atoms with Crippen molar-refractivity contribution >= 4 is 23.6 Å². The Hall–Kier alpha value is -1.24. The number of hydrogen-bond donors (Lipinski definition) is 3. The van der Waals surface area contributed by atoms with E-state index in [0.717, 1.165) is 11.3 Å². The van der Waals surface area contributed by atoms with E-state index in [1.54, 1.807) is 0 Å². The Kier molecular flexibility index (Phi) is 3.96. The molecule has 82 valence electrons. The van der Waals surface area contributed by atoms with E-state index in [1.165, 1.54) is 11.4 Å². The van der Waals surface area contributed by atoms with Gasteiger partial charge in [0.05, 0.1) is 17.4 Å². The molecule has 0 fully saturated rings. The number of aliphatic hydroxyl groups excluding tert-OH is 2. The molecule has 6 heteroatoms. The second-order valence-electron chi connectivity index (χ2n) is 3.01. The normalized spacial score (nSPS) is 14.5. The van der Waals surface area contributed by atoms with Crippen LogP contribution in [-0.4, -0.2) is 33.7 Å². The van der Waals surface area contributed by atoms with Crippen LogP contribution in [0.1, 0.15) is 27.8 Å². The third-order valence-corrected chi connectivity index (χ3v) is 2.72. The van der Waals surface area contributed by atoms with Gasteiger partial charge in [0, 0.05) is 0 Å². The van der Waals surface area contributed by atoms with Crippen LogP contribution in [0, 0.1) is 0 Å². The van der Waals surface area contributed by atoms with Crippen LogP contribution in [0.2, 0.25) is 0 Å². The lowest BCUT2D eigenvalue weighted by atomic mass is 10.1. The molecule has 0 aliphatic rings. The van der Waals surface area contributed by atoms with Gasteiger partial charge in [0.1, 0.15) is 6.10 Å². The lowest BCUT2D eigenvalue weighted by Crippen LogP contribution is -2.21. The zero-order valence-corrected chi connectivity index (χ0v) is 8.48. The number of hydrogen-bond acceptors (Lipinski definition) is 5. The number of aliphatic carboxylic acids is 1. The standard InChI is InChI=1S/C9H10O5S/c10-3-6-1-5(4-15-6)9(14)7(11)2-8(12)13/h1,3-4,7,9,11,14H,2H2,(H,12,13). The van der Waals surface area contributed by atoms with E-state index < -0.39 is 24.6 Å². The Morgan fingerprint density at radius 1 is 1.53 bits per heavy atom. The predicted octanol–water partition coefficient (Wildman–Crippen LogP) is 0.430. The summed E-state index contributed by atoms with van der Waals surface area (Å²) in [6.07, 6.45) is -2.54. The minimum atomic E-state index is -1.36. The van der Waals surface area contributed by atoms with Crippen LogP contribution < -0.4 is 0 Å². The van der Waals surface area contributed by atoms with E-state index in [0.29, 0.717) is 16.7 Å². The van der Waals surface area contributed by atoms with Gasteiger partial charge >= 0.3 is 5.97 Å². The Balaban J connectivity index is 2.70. The number of carbonyl (C=O) groups excluding carboxylic acids is 1. The Morgan fingerprint density at radius 2 is 2.20 bits per heavy atom. The highest BCUT2D eigenvalue weighted by Gasteiger charge is 2.21. The summed E-state index contributed by atoms with van der Waals surface area (Å²) in [6, 6.07) is 1.42. The molecule has 0 saturated carbocycles. The number of rotatable bonds is 5. The molecule has 15 heavy (non-hydrogen) atoms. The van der Waals surface area contributed by atoms with Gasteiger partial charge in [-0.1, -0.05) is 0 Å². The number of thiophene rings is 1. The molecule has 1 heterocycles. The Labute approximate surface area is 89.6 Å². The van der Waals surface area contributed by atoms with Gasteiger partial charge < -0.3 is 15.3 Å². The molecule has 0 spiro atoms. The smallest absolute Gasteiger partial charge is 0.306 e. The Bertz CT molecular complexity index is 359. The average Bonchev–Trinajstić information content (AvgIpc) is 2.63. The fraction of sp³-hybridized carbons (Fsp3) is 0.333. The summed E-state index contributed by atoms with van der Waals surface area (Å²) < 4.78 is 0. The molecule has 0 radical (unpaired) electrons. The second-order valence-corrected chi connectivity index (χ2v) is 3.95. The molecular weight excluding hydrogens is 220 g/mol. The van der Waals surface area contributed by atoms with Gasteiger partial charge in [-0.15, -0.1) is 11.3 Å². The second kappa shape index (κ2) is 5.01. The van der Waals surface area contributed by atoms with E-state index in [9.17, 15) is 19.8 Å². The van der Waals surface area contributed by atoms with Crippen molar-refractivity contribution in [1.82, 2.24) is 0 Å². The highest BCUT2D eigenvalue weighted by atomic mass is 32.1. The molecule has 1 aromatic heterocycles. The minimum Gasteiger partial charge on any atom is -0.481 e. The van der Waals surface area contributed by atoms with Crippen LogP contribution in [0.5, 0.6) is 0 Å². The average molecular weight is 230 g/mol. The van der Waals surface area contributed by atoms with E-state index in [2.05, 4.69) is 0 Å². The van der Waals surface area contributed by atoms with E-state index in [1.807, 2.05) is 0 Å². The zero-order valence-electron chi connectivity index (χ0n) is 7.66. The quantitative estimate of drug-likeness (QED) is 0.637. The molecule has 2 atom stereocenters. The summed E-state index contributed by atoms with van der Waals surface area (Å²) >= 11 is 1.13. The van der Waals surface area contributed by atoms with Crippen molar-refractivity contribution in [3.05, 3.63) is 21.9 Å². The molecule has 5 nitrogen and oxygen atoms in total. The fourth-order valence-electron chi connectivity index (χ4n) is 1.10. The maximum atomic E-state index is 10.4. The van der Waals surface area contributed by atoms with Crippen molar-refractivity contribution in [2.24, 2.45) is 0 Å². The van der Waals surface area contributed by atoms with Crippen molar-refractivity contribution in [1.29, 1.82) is 0 Å². The number of carboxylic acids is 1. The van der Waals surface area contributed by atoms with Crippen LogP contribution in [0.25, 0.3) is 0 Å². The molecule has 1 aromatic rings. The molecule has 0 aromatic carbocycles. The summed E-state index contributed by atoms with van der Waals surface area (Å²) in [5.74, 6) is -1.19. The van der Waals surface area contributed by atoms with E-state index >= 15 is 0 Å². The van der Waals surface area contributed by atoms with Gasteiger partial charge in [-0.2, -0.15) is 0 Å². The van der Waals surface area contributed by atoms with Crippen LogP contribution in [0.3, 0.4) is 0 Å². The van der Waals surface area contributed by atoms with E-state index in [-0.39, 0.29) is 0 Å².